The van der Waals surface area contributed by atoms with E-state index in [1.54, 1.807) is 7.11 Å². The van der Waals surface area contributed by atoms with Crippen molar-refractivity contribution >= 4 is 5.78 Å². The SMILES string of the molecule is COC[C@@H](N)C(=O)CCc1ccccc1. The molecular weight excluding hydrogens is 190 g/mol. The fourth-order valence-electron chi connectivity index (χ4n) is 1.37. The van der Waals surface area contributed by atoms with E-state index in [1.807, 2.05) is 30.3 Å². The van der Waals surface area contributed by atoms with E-state index in [0.717, 1.165) is 12.0 Å². The molecule has 1 atom stereocenters. The van der Waals surface area contributed by atoms with Gasteiger partial charge in [-0.15, -0.1) is 0 Å². The van der Waals surface area contributed by atoms with Crippen LogP contribution < -0.4 is 5.73 Å². The van der Waals surface area contributed by atoms with Crippen LogP contribution in [-0.4, -0.2) is 25.5 Å². The molecule has 3 heteroatoms. The Morgan fingerprint density at radius 1 is 1.40 bits per heavy atom. The van der Waals surface area contributed by atoms with Gasteiger partial charge in [0.05, 0.1) is 12.6 Å². The van der Waals surface area contributed by atoms with Crippen molar-refractivity contribution in [1.29, 1.82) is 0 Å². The Bertz CT molecular complexity index is 298. The third-order valence-corrected chi connectivity index (χ3v) is 2.26. The highest BCUT2D eigenvalue weighted by molar-refractivity contribution is 5.84. The van der Waals surface area contributed by atoms with Gasteiger partial charge in [-0.25, -0.2) is 0 Å². The minimum atomic E-state index is -0.487. The second-order valence-electron chi connectivity index (χ2n) is 3.51. The van der Waals surface area contributed by atoms with E-state index >= 15 is 0 Å². The number of nitrogens with two attached hydrogens (primary N) is 1. The highest BCUT2D eigenvalue weighted by atomic mass is 16.5. The second kappa shape index (κ2) is 6.32. The molecule has 0 aromatic heterocycles. The van der Waals surface area contributed by atoms with Crippen molar-refractivity contribution in [3.05, 3.63) is 35.9 Å². The van der Waals surface area contributed by atoms with E-state index < -0.39 is 6.04 Å². The van der Waals surface area contributed by atoms with Gasteiger partial charge < -0.3 is 10.5 Å². The topological polar surface area (TPSA) is 52.3 Å². The van der Waals surface area contributed by atoms with Crippen LogP contribution in [0.5, 0.6) is 0 Å². The number of hydrogen-bond donors (Lipinski definition) is 1. The monoisotopic (exact) mass is 207 g/mol. The number of ketones is 1. The summed E-state index contributed by atoms with van der Waals surface area (Å²) in [5, 5.41) is 0. The van der Waals surface area contributed by atoms with Crippen LogP contribution in [-0.2, 0) is 16.0 Å². The Hall–Kier alpha value is -1.19. The summed E-state index contributed by atoms with van der Waals surface area (Å²) >= 11 is 0. The predicted octanol–water partition coefficient (Wildman–Crippen LogP) is 1.16. The highest BCUT2D eigenvalue weighted by Crippen LogP contribution is 2.03. The molecule has 3 nitrogen and oxygen atoms in total. The Morgan fingerprint density at radius 3 is 2.67 bits per heavy atom. The lowest BCUT2D eigenvalue weighted by molar-refractivity contribution is -0.121. The number of benzene rings is 1. The Labute approximate surface area is 90.2 Å². The van der Waals surface area contributed by atoms with E-state index in [9.17, 15) is 4.79 Å². The third kappa shape index (κ3) is 4.23. The molecule has 0 saturated carbocycles. The Kier molecular flexibility index (Phi) is 5.01. The molecule has 0 amide bonds. The number of ether oxygens (including phenoxy) is 1. The number of methoxy groups -OCH3 is 1. The molecule has 2 N–H and O–H groups in total. The van der Waals surface area contributed by atoms with Crippen LogP contribution in [0.15, 0.2) is 30.3 Å². The first kappa shape index (κ1) is 11.9. The van der Waals surface area contributed by atoms with Crippen molar-refractivity contribution in [2.24, 2.45) is 5.73 Å². The smallest absolute Gasteiger partial charge is 0.152 e. The Balaban J connectivity index is 2.34. The summed E-state index contributed by atoms with van der Waals surface area (Å²) in [6.07, 6.45) is 1.23. The van der Waals surface area contributed by atoms with E-state index in [-0.39, 0.29) is 5.78 Å². The maximum Gasteiger partial charge on any atom is 0.152 e. The maximum absolute atomic E-state index is 11.5. The van der Waals surface area contributed by atoms with Gasteiger partial charge in [-0.3, -0.25) is 4.79 Å². The fourth-order valence-corrected chi connectivity index (χ4v) is 1.37. The zero-order chi connectivity index (χ0) is 11.1. The zero-order valence-electron chi connectivity index (χ0n) is 8.98. The van der Waals surface area contributed by atoms with Gasteiger partial charge in [0.1, 0.15) is 0 Å². The van der Waals surface area contributed by atoms with E-state index in [2.05, 4.69) is 0 Å². The number of rotatable bonds is 6. The fraction of sp³-hybridized carbons (Fsp3) is 0.417. The van der Waals surface area contributed by atoms with Crippen LogP contribution in [0.3, 0.4) is 0 Å². The number of carbonyl (C=O) groups is 1. The summed E-state index contributed by atoms with van der Waals surface area (Å²) in [6, 6.07) is 9.43. The summed E-state index contributed by atoms with van der Waals surface area (Å²) in [6.45, 7) is 0.299. The molecule has 1 aromatic rings. The molecule has 15 heavy (non-hydrogen) atoms. The van der Waals surface area contributed by atoms with Crippen LogP contribution in [0.25, 0.3) is 0 Å². The van der Waals surface area contributed by atoms with Gasteiger partial charge in [0.2, 0.25) is 0 Å². The van der Waals surface area contributed by atoms with Crippen molar-refractivity contribution in [3.8, 4) is 0 Å². The molecule has 0 fully saturated rings. The van der Waals surface area contributed by atoms with E-state index in [1.165, 1.54) is 0 Å². The predicted molar refractivity (Wildman–Crippen MR) is 59.6 cm³/mol. The van der Waals surface area contributed by atoms with Crippen molar-refractivity contribution in [2.75, 3.05) is 13.7 Å². The largest absolute Gasteiger partial charge is 0.383 e. The van der Waals surface area contributed by atoms with Crippen molar-refractivity contribution < 1.29 is 9.53 Å². The molecule has 0 spiro atoms. The molecule has 1 rings (SSSR count). The van der Waals surface area contributed by atoms with Crippen LogP contribution >= 0.6 is 0 Å². The second-order valence-corrected chi connectivity index (χ2v) is 3.51. The van der Waals surface area contributed by atoms with E-state index in [0.29, 0.717) is 13.0 Å². The van der Waals surface area contributed by atoms with Crippen LogP contribution in [0.4, 0.5) is 0 Å². The first-order chi connectivity index (χ1) is 7.24. The molecule has 0 heterocycles. The van der Waals surface area contributed by atoms with Crippen LogP contribution in [0.2, 0.25) is 0 Å². The molecule has 1 aromatic carbocycles. The van der Waals surface area contributed by atoms with E-state index in [4.69, 9.17) is 10.5 Å². The lowest BCUT2D eigenvalue weighted by atomic mass is 10.0. The maximum atomic E-state index is 11.5. The van der Waals surface area contributed by atoms with Crippen molar-refractivity contribution in [2.45, 2.75) is 18.9 Å². The molecule has 0 saturated heterocycles. The lowest BCUT2D eigenvalue weighted by Crippen LogP contribution is -2.34. The summed E-state index contributed by atoms with van der Waals surface area (Å²) in [5.74, 6) is 0.0562. The molecule has 0 aliphatic rings. The minimum Gasteiger partial charge on any atom is -0.383 e. The first-order valence-corrected chi connectivity index (χ1v) is 5.05. The first-order valence-electron chi connectivity index (χ1n) is 5.05. The molecule has 0 aliphatic heterocycles. The van der Waals surface area contributed by atoms with Gasteiger partial charge in [0.25, 0.3) is 0 Å². The van der Waals surface area contributed by atoms with Gasteiger partial charge in [-0.2, -0.15) is 0 Å². The summed E-state index contributed by atoms with van der Waals surface area (Å²) in [5.41, 5.74) is 6.78. The number of hydrogen-bond acceptors (Lipinski definition) is 3. The lowest BCUT2D eigenvalue weighted by Gasteiger charge is -2.08. The molecular formula is C12H17NO2. The Morgan fingerprint density at radius 2 is 2.07 bits per heavy atom. The summed E-state index contributed by atoms with van der Waals surface area (Å²) in [7, 11) is 1.55. The summed E-state index contributed by atoms with van der Waals surface area (Å²) < 4.78 is 4.83. The summed E-state index contributed by atoms with van der Waals surface area (Å²) in [4.78, 5) is 11.5. The highest BCUT2D eigenvalue weighted by Gasteiger charge is 2.12. The normalized spacial score (nSPS) is 12.4. The van der Waals surface area contributed by atoms with Crippen LogP contribution in [0, 0.1) is 0 Å². The number of Topliss-reactive ketones (excluding diaryl/α,β-unsaturated/α-hetero) is 1. The average molecular weight is 207 g/mol. The van der Waals surface area contributed by atoms with Gasteiger partial charge in [-0.05, 0) is 12.0 Å². The van der Waals surface area contributed by atoms with Gasteiger partial charge in [0, 0.05) is 13.5 Å². The van der Waals surface area contributed by atoms with Crippen molar-refractivity contribution in [3.63, 3.8) is 0 Å². The van der Waals surface area contributed by atoms with Gasteiger partial charge >= 0.3 is 0 Å². The van der Waals surface area contributed by atoms with Crippen molar-refractivity contribution in [1.82, 2.24) is 0 Å². The van der Waals surface area contributed by atoms with Crippen LogP contribution in [0.1, 0.15) is 12.0 Å². The molecule has 0 unspecified atom stereocenters. The average Bonchev–Trinajstić information content (AvgIpc) is 2.27. The molecule has 82 valence electrons. The standard InChI is InChI=1S/C12H17NO2/c1-15-9-11(13)12(14)8-7-10-5-3-2-4-6-10/h2-6,11H,7-9,13H2,1H3/t11-/m1/s1. The molecule has 0 aliphatic carbocycles. The molecule has 0 radical (unpaired) electrons. The van der Waals surface area contributed by atoms with Gasteiger partial charge in [0.15, 0.2) is 5.78 Å². The van der Waals surface area contributed by atoms with Gasteiger partial charge in [-0.1, -0.05) is 30.3 Å². The quantitative estimate of drug-likeness (QED) is 0.761. The number of carbonyl (C=O) groups excluding carboxylic acids is 1. The third-order valence-electron chi connectivity index (χ3n) is 2.26. The zero-order valence-corrected chi connectivity index (χ0v) is 8.98. The molecule has 0 bridgehead atoms. The minimum absolute atomic E-state index is 0.0562. The number of aryl methyl sites for hydroxylation is 1.